The average Bonchev–Trinajstić information content (AvgIpc) is 3.19. The van der Waals surface area contributed by atoms with Crippen LogP contribution in [-0.4, -0.2) is 19.1 Å². The molecule has 1 aromatic rings. The normalized spacial score (nSPS) is 18.6. The first-order valence-corrected chi connectivity index (χ1v) is 6.32. The fourth-order valence-corrected chi connectivity index (χ4v) is 2.17. The lowest BCUT2D eigenvalue weighted by Gasteiger charge is -2.17. The molecule has 17 heavy (non-hydrogen) atoms. The number of hydrogen-bond acceptors (Lipinski definition) is 3. The van der Waals surface area contributed by atoms with Crippen LogP contribution in [0.15, 0.2) is 18.2 Å². The quantitative estimate of drug-likeness (QED) is 0.807. The first-order chi connectivity index (χ1) is 8.33. The van der Waals surface area contributed by atoms with E-state index in [1.54, 1.807) is 0 Å². The molecule has 3 heteroatoms. The van der Waals surface area contributed by atoms with Crippen LogP contribution in [0.4, 0.5) is 0 Å². The van der Waals surface area contributed by atoms with Crippen LogP contribution in [0.1, 0.15) is 34.3 Å². The second-order valence-electron chi connectivity index (χ2n) is 4.95. The van der Waals surface area contributed by atoms with Crippen LogP contribution in [0.3, 0.4) is 0 Å². The van der Waals surface area contributed by atoms with Crippen molar-refractivity contribution in [2.45, 2.75) is 25.8 Å². The molecular formula is C14H17NO2. The van der Waals surface area contributed by atoms with Crippen LogP contribution >= 0.6 is 0 Å². The average molecular weight is 231 g/mol. The minimum Gasteiger partial charge on any atom is -0.462 e. The van der Waals surface area contributed by atoms with Crippen LogP contribution in [0.25, 0.3) is 0 Å². The van der Waals surface area contributed by atoms with Gasteiger partial charge in [-0.1, -0.05) is 6.07 Å². The zero-order valence-corrected chi connectivity index (χ0v) is 9.87. The van der Waals surface area contributed by atoms with Crippen molar-refractivity contribution in [3.05, 3.63) is 34.9 Å². The third-order valence-electron chi connectivity index (χ3n) is 3.48. The van der Waals surface area contributed by atoms with E-state index >= 15 is 0 Å². The fourth-order valence-electron chi connectivity index (χ4n) is 2.17. The maximum atomic E-state index is 11.8. The Morgan fingerprint density at radius 3 is 3.06 bits per heavy atom. The van der Waals surface area contributed by atoms with E-state index in [4.69, 9.17) is 4.74 Å². The van der Waals surface area contributed by atoms with Gasteiger partial charge in [0.25, 0.3) is 0 Å². The fraction of sp³-hybridized carbons (Fsp3) is 0.500. The molecule has 90 valence electrons. The summed E-state index contributed by atoms with van der Waals surface area (Å²) in [6, 6.07) is 5.92. The molecule has 0 saturated heterocycles. The molecule has 1 aliphatic heterocycles. The van der Waals surface area contributed by atoms with Gasteiger partial charge in [-0.2, -0.15) is 0 Å². The molecule has 0 aromatic heterocycles. The molecule has 0 amide bonds. The van der Waals surface area contributed by atoms with Gasteiger partial charge in [0.15, 0.2) is 0 Å². The van der Waals surface area contributed by atoms with Gasteiger partial charge in [-0.15, -0.1) is 0 Å². The van der Waals surface area contributed by atoms with Gasteiger partial charge in [-0.05, 0) is 55.0 Å². The summed E-state index contributed by atoms with van der Waals surface area (Å²) in [6.45, 7) is 2.48. The van der Waals surface area contributed by atoms with Crippen LogP contribution in [-0.2, 0) is 17.7 Å². The molecule has 1 heterocycles. The zero-order chi connectivity index (χ0) is 11.7. The number of fused-ring (bicyclic) bond motifs is 1. The van der Waals surface area contributed by atoms with Gasteiger partial charge in [0.2, 0.25) is 0 Å². The Kier molecular flexibility index (Phi) is 2.85. The highest BCUT2D eigenvalue weighted by Crippen LogP contribution is 2.29. The molecule has 0 unspecified atom stereocenters. The van der Waals surface area contributed by atoms with Crippen molar-refractivity contribution in [2.24, 2.45) is 5.92 Å². The Bertz CT molecular complexity index is 438. The minimum absolute atomic E-state index is 0.176. The largest absolute Gasteiger partial charge is 0.462 e. The van der Waals surface area contributed by atoms with Gasteiger partial charge in [-0.25, -0.2) is 4.79 Å². The van der Waals surface area contributed by atoms with Crippen molar-refractivity contribution in [1.29, 1.82) is 0 Å². The summed E-state index contributed by atoms with van der Waals surface area (Å²) in [6.07, 6.45) is 3.47. The number of carbonyl (C=O) groups is 1. The number of nitrogens with one attached hydrogen (secondary N) is 1. The van der Waals surface area contributed by atoms with Crippen molar-refractivity contribution in [3.63, 3.8) is 0 Å². The molecule has 1 aromatic carbocycles. The smallest absolute Gasteiger partial charge is 0.338 e. The lowest BCUT2D eigenvalue weighted by molar-refractivity contribution is 0.0486. The summed E-state index contributed by atoms with van der Waals surface area (Å²) in [5.41, 5.74) is 3.27. The van der Waals surface area contributed by atoms with Crippen molar-refractivity contribution < 1.29 is 9.53 Å². The minimum atomic E-state index is -0.176. The van der Waals surface area contributed by atoms with Crippen LogP contribution in [0, 0.1) is 5.92 Å². The van der Waals surface area contributed by atoms with E-state index < -0.39 is 0 Å². The number of carbonyl (C=O) groups excluding carboxylic acids is 1. The molecule has 1 N–H and O–H groups in total. The topological polar surface area (TPSA) is 38.3 Å². The van der Waals surface area contributed by atoms with Gasteiger partial charge < -0.3 is 10.1 Å². The molecule has 1 fully saturated rings. The molecule has 3 nitrogen and oxygen atoms in total. The van der Waals surface area contributed by atoms with E-state index in [1.165, 1.54) is 24.0 Å². The number of benzene rings is 1. The van der Waals surface area contributed by atoms with Crippen LogP contribution in [0.2, 0.25) is 0 Å². The Labute approximate surface area is 101 Å². The number of esters is 1. The first-order valence-electron chi connectivity index (χ1n) is 6.32. The van der Waals surface area contributed by atoms with E-state index in [-0.39, 0.29) is 5.97 Å². The summed E-state index contributed by atoms with van der Waals surface area (Å²) in [7, 11) is 0. The van der Waals surface area contributed by atoms with Crippen molar-refractivity contribution >= 4 is 5.97 Å². The molecule has 1 aliphatic carbocycles. The van der Waals surface area contributed by atoms with Gasteiger partial charge in [-0.3, -0.25) is 0 Å². The SMILES string of the molecule is O=C(OCC1CC1)c1ccc2c(c1)CNCC2. The molecule has 0 radical (unpaired) electrons. The van der Waals surface area contributed by atoms with Gasteiger partial charge >= 0.3 is 5.97 Å². The summed E-state index contributed by atoms with van der Waals surface area (Å²) < 4.78 is 5.28. The van der Waals surface area contributed by atoms with Gasteiger partial charge in [0.05, 0.1) is 12.2 Å². The Morgan fingerprint density at radius 1 is 1.35 bits per heavy atom. The van der Waals surface area contributed by atoms with E-state index in [0.717, 1.165) is 19.5 Å². The van der Waals surface area contributed by atoms with Crippen molar-refractivity contribution in [1.82, 2.24) is 5.32 Å². The standard InChI is InChI=1S/C14H17NO2/c16-14(17-9-10-1-2-10)12-4-3-11-5-6-15-8-13(11)7-12/h3-4,7,10,15H,1-2,5-6,8-9H2. The van der Waals surface area contributed by atoms with Crippen molar-refractivity contribution in [2.75, 3.05) is 13.2 Å². The third-order valence-corrected chi connectivity index (χ3v) is 3.48. The molecule has 1 saturated carbocycles. The maximum Gasteiger partial charge on any atom is 0.338 e. The predicted octanol–water partition coefficient (Wildman–Crippen LogP) is 1.90. The molecule has 3 rings (SSSR count). The van der Waals surface area contributed by atoms with Crippen molar-refractivity contribution in [3.8, 4) is 0 Å². The molecule has 0 spiro atoms. The highest BCUT2D eigenvalue weighted by atomic mass is 16.5. The molecule has 0 atom stereocenters. The summed E-state index contributed by atoms with van der Waals surface area (Å²) in [5, 5.41) is 3.32. The van der Waals surface area contributed by atoms with Gasteiger partial charge in [0.1, 0.15) is 0 Å². The van der Waals surface area contributed by atoms with E-state index in [2.05, 4.69) is 11.4 Å². The Morgan fingerprint density at radius 2 is 2.24 bits per heavy atom. The molecule has 2 aliphatic rings. The lowest BCUT2D eigenvalue weighted by atomic mass is 9.99. The van der Waals surface area contributed by atoms with E-state index in [1.807, 2.05) is 12.1 Å². The highest BCUT2D eigenvalue weighted by Gasteiger charge is 2.23. The van der Waals surface area contributed by atoms with E-state index in [0.29, 0.717) is 18.1 Å². The second-order valence-corrected chi connectivity index (χ2v) is 4.95. The maximum absolute atomic E-state index is 11.8. The van der Waals surface area contributed by atoms with Crippen LogP contribution in [0.5, 0.6) is 0 Å². The van der Waals surface area contributed by atoms with Gasteiger partial charge in [0, 0.05) is 6.54 Å². The summed E-state index contributed by atoms with van der Waals surface area (Å²) >= 11 is 0. The second kappa shape index (κ2) is 4.49. The van der Waals surface area contributed by atoms with Crippen LogP contribution < -0.4 is 5.32 Å². The zero-order valence-electron chi connectivity index (χ0n) is 9.87. The summed E-state index contributed by atoms with van der Waals surface area (Å²) in [4.78, 5) is 11.8. The molecular weight excluding hydrogens is 214 g/mol. The predicted molar refractivity (Wildman–Crippen MR) is 64.9 cm³/mol. The number of ether oxygens (including phenoxy) is 1. The highest BCUT2D eigenvalue weighted by molar-refractivity contribution is 5.89. The number of rotatable bonds is 3. The van der Waals surface area contributed by atoms with E-state index in [9.17, 15) is 4.79 Å². The Hall–Kier alpha value is -1.35. The monoisotopic (exact) mass is 231 g/mol. The molecule has 0 bridgehead atoms. The first kappa shape index (κ1) is 10.8. The third kappa shape index (κ3) is 2.50. The lowest BCUT2D eigenvalue weighted by Crippen LogP contribution is -2.24. The number of hydrogen-bond donors (Lipinski definition) is 1. The summed E-state index contributed by atoms with van der Waals surface area (Å²) in [5.74, 6) is 0.448. The Balaban J connectivity index is 1.70.